The molecule has 1 aliphatic rings. The van der Waals surface area contributed by atoms with Crippen molar-refractivity contribution in [2.75, 3.05) is 0 Å². The first kappa shape index (κ1) is 25.9. The number of hydrogen-bond donors (Lipinski definition) is 1. The van der Waals surface area contributed by atoms with Crippen LogP contribution >= 0.6 is 46.4 Å². The Morgan fingerprint density at radius 2 is 1.49 bits per heavy atom. The molecule has 5 rings (SSSR count). The lowest BCUT2D eigenvalue weighted by molar-refractivity contribution is 0.0572. The topological polar surface area (TPSA) is 51.2 Å². The van der Waals surface area contributed by atoms with Crippen LogP contribution in [0.15, 0.2) is 72.8 Å². The molecule has 4 nitrogen and oxygen atoms in total. The lowest BCUT2D eigenvalue weighted by Crippen LogP contribution is -2.41. The van der Waals surface area contributed by atoms with E-state index >= 15 is 0 Å². The predicted molar refractivity (Wildman–Crippen MR) is 151 cm³/mol. The molecule has 1 N–H and O–H groups in total. The molecule has 37 heavy (non-hydrogen) atoms. The van der Waals surface area contributed by atoms with Crippen LogP contribution in [0.4, 0.5) is 0 Å². The number of carbonyl (C=O) groups excluding carboxylic acids is 1. The zero-order valence-corrected chi connectivity index (χ0v) is 23.0. The number of pyridine rings is 1. The second-order valence-electron chi connectivity index (χ2n) is 9.51. The molecule has 0 saturated carbocycles. The number of hydrogen-bond acceptors (Lipinski definition) is 3. The van der Waals surface area contributed by atoms with Crippen molar-refractivity contribution in [3.05, 3.63) is 104 Å². The van der Waals surface area contributed by atoms with Gasteiger partial charge in [-0.25, -0.2) is 4.98 Å². The van der Waals surface area contributed by atoms with Gasteiger partial charge in [0.1, 0.15) is 5.60 Å². The van der Waals surface area contributed by atoms with E-state index in [2.05, 4.69) is 5.32 Å². The summed E-state index contributed by atoms with van der Waals surface area (Å²) in [6, 6.07) is 21.3. The summed E-state index contributed by atoms with van der Waals surface area (Å²) in [6.07, 6.45) is 0.558. The second kappa shape index (κ2) is 10.2. The van der Waals surface area contributed by atoms with E-state index in [0.717, 1.165) is 16.7 Å². The third kappa shape index (κ3) is 5.58. The molecule has 0 spiro atoms. The Morgan fingerprint density at radius 3 is 2.14 bits per heavy atom. The van der Waals surface area contributed by atoms with Crippen LogP contribution in [0, 0.1) is 0 Å². The fraction of sp³-hybridized carbons (Fsp3) is 0.172. The van der Waals surface area contributed by atoms with Crippen LogP contribution < -0.4 is 10.1 Å². The zero-order chi connectivity index (χ0) is 26.3. The molecule has 0 bridgehead atoms. The van der Waals surface area contributed by atoms with Crippen LogP contribution in [0.2, 0.25) is 20.1 Å². The summed E-state index contributed by atoms with van der Waals surface area (Å²) >= 11 is 24.9. The first-order valence-corrected chi connectivity index (χ1v) is 13.1. The van der Waals surface area contributed by atoms with E-state index in [-0.39, 0.29) is 11.9 Å². The highest BCUT2D eigenvalue weighted by Gasteiger charge is 2.37. The van der Waals surface area contributed by atoms with Crippen molar-refractivity contribution in [3.63, 3.8) is 0 Å². The van der Waals surface area contributed by atoms with Crippen molar-refractivity contribution in [2.24, 2.45) is 0 Å². The summed E-state index contributed by atoms with van der Waals surface area (Å²) in [5.41, 5.74) is 3.81. The molecule has 188 valence electrons. The van der Waals surface area contributed by atoms with Crippen LogP contribution in [0.5, 0.6) is 5.88 Å². The van der Waals surface area contributed by atoms with Crippen molar-refractivity contribution in [1.82, 2.24) is 10.3 Å². The Bertz CT molecular complexity index is 1490. The van der Waals surface area contributed by atoms with Crippen molar-refractivity contribution >= 4 is 52.3 Å². The summed E-state index contributed by atoms with van der Waals surface area (Å²) in [7, 11) is 0. The van der Waals surface area contributed by atoms with Gasteiger partial charge in [0.25, 0.3) is 5.91 Å². The van der Waals surface area contributed by atoms with Gasteiger partial charge in [-0.2, -0.15) is 0 Å². The molecule has 0 radical (unpaired) electrons. The molecule has 1 atom stereocenters. The fourth-order valence-electron chi connectivity index (χ4n) is 4.46. The smallest absolute Gasteiger partial charge is 0.251 e. The first-order valence-electron chi connectivity index (χ1n) is 11.6. The third-order valence-electron chi connectivity index (χ3n) is 6.21. The third-order valence-corrected chi connectivity index (χ3v) is 7.26. The molecular formula is C29H22Cl4N2O2. The van der Waals surface area contributed by atoms with Gasteiger partial charge in [0.2, 0.25) is 5.88 Å². The molecule has 8 heteroatoms. The minimum absolute atomic E-state index is 0.205. The number of halogens is 4. The molecule has 4 aromatic rings. The second-order valence-corrected chi connectivity index (χ2v) is 11.2. The molecule has 1 aliphatic heterocycles. The number of rotatable bonds is 4. The summed E-state index contributed by atoms with van der Waals surface area (Å²) in [6.45, 7) is 3.95. The summed E-state index contributed by atoms with van der Waals surface area (Å²) in [5.74, 6) is 0.236. The van der Waals surface area contributed by atoms with E-state index in [9.17, 15) is 4.79 Å². The molecule has 1 aromatic heterocycles. The Hall–Kier alpha value is -2.76. The maximum Gasteiger partial charge on any atom is 0.251 e. The lowest BCUT2D eigenvalue weighted by atomic mass is 9.88. The van der Waals surface area contributed by atoms with Crippen LogP contribution in [0.1, 0.15) is 42.2 Å². The molecule has 0 unspecified atom stereocenters. The Kier molecular flexibility index (Phi) is 7.12. The van der Waals surface area contributed by atoms with E-state index in [1.807, 2.05) is 50.2 Å². The van der Waals surface area contributed by atoms with Crippen LogP contribution in [-0.4, -0.2) is 16.5 Å². The highest BCUT2D eigenvalue weighted by Crippen LogP contribution is 2.45. The van der Waals surface area contributed by atoms with Crippen LogP contribution in [-0.2, 0) is 0 Å². The predicted octanol–water partition coefficient (Wildman–Crippen LogP) is 9.06. The van der Waals surface area contributed by atoms with Gasteiger partial charge in [-0.3, -0.25) is 4.79 Å². The zero-order valence-electron chi connectivity index (χ0n) is 20.0. The number of amides is 1. The van der Waals surface area contributed by atoms with Gasteiger partial charge in [-0.05, 0) is 80.1 Å². The van der Waals surface area contributed by atoms with Gasteiger partial charge in [0.05, 0.1) is 16.8 Å². The highest BCUT2D eigenvalue weighted by molar-refractivity contribution is 6.36. The fourth-order valence-corrected chi connectivity index (χ4v) is 5.21. The molecule has 2 heterocycles. The van der Waals surface area contributed by atoms with E-state index in [1.54, 1.807) is 36.4 Å². The molecule has 0 fully saturated rings. The SMILES string of the molecule is CC1(C)C[C@@H](NC(=O)c2ccc(Cl)cc2)c2cc(-c3ccc(Cl)cc3)c(-c3ccc(Cl)cc3Cl)nc2O1. The maximum atomic E-state index is 13.1. The van der Waals surface area contributed by atoms with Gasteiger partial charge >= 0.3 is 0 Å². The monoisotopic (exact) mass is 570 g/mol. The van der Waals surface area contributed by atoms with E-state index < -0.39 is 5.60 Å². The number of ether oxygens (including phenoxy) is 1. The average Bonchev–Trinajstić information content (AvgIpc) is 2.84. The Labute approximate surface area is 235 Å². The summed E-state index contributed by atoms with van der Waals surface area (Å²) < 4.78 is 6.32. The number of carbonyl (C=O) groups is 1. The van der Waals surface area contributed by atoms with Crippen molar-refractivity contribution < 1.29 is 9.53 Å². The first-order chi connectivity index (χ1) is 17.6. The minimum Gasteiger partial charge on any atom is -0.471 e. The van der Waals surface area contributed by atoms with Gasteiger partial charge < -0.3 is 10.1 Å². The van der Waals surface area contributed by atoms with Crippen molar-refractivity contribution in [1.29, 1.82) is 0 Å². The van der Waals surface area contributed by atoms with Gasteiger partial charge in [0.15, 0.2) is 0 Å². The number of nitrogens with one attached hydrogen (secondary N) is 1. The van der Waals surface area contributed by atoms with Gasteiger partial charge in [-0.1, -0.05) is 58.5 Å². The standard InChI is InChI=1S/C29H22Cl4N2O2/c1-29(2)15-25(34-27(36)17-5-9-19(31)10-6-17)23-14-22(16-3-7-18(30)8-4-16)26(35-28(23)37-29)21-12-11-20(32)13-24(21)33/h3-14,25H,15H2,1-2H3,(H,34,36)/t25-/m1/s1. The van der Waals surface area contributed by atoms with Crippen LogP contribution in [0.3, 0.4) is 0 Å². The van der Waals surface area contributed by atoms with Crippen molar-refractivity contribution in [3.8, 4) is 28.3 Å². The number of aromatic nitrogens is 1. The van der Waals surface area contributed by atoms with Gasteiger partial charge in [0, 0.05) is 43.7 Å². The molecule has 1 amide bonds. The average molecular weight is 572 g/mol. The van der Waals surface area contributed by atoms with E-state index in [4.69, 9.17) is 56.1 Å². The molecule has 0 saturated heterocycles. The molecule has 3 aromatic carbocycles. The maximum absolute atomic E-state index is 13.1. The Morgan fingerprint density at radius 1 is 0.865 bits per heavy atom. The van der Waals surface area contributed by atoms with Crippen molar-refractivity contribution in [2.45, 2.75) is 31.9 Å². The van der Waals surface area contributed by atoms with Gasteiger partial charge in [-0.15, -0.1) is 0 Å². The van der Waals surface area contributed by atoms with Crippen LogP contribution in [0.25, 0.3) is 22.4 Å². The number of fused-ring (bicyclic) bond motifs is 1. The largest absolute Gasteiger partial charge is 0.471 e. The lowest BCUT2D eigenvalue weighted by Gasteiger charge is -2.37. The molecule has 0 aliphatic carbocycles. The van der Waals surface area contributed by atoms with E-state index in [1.165, 1.54) is 0 Å². The normalized spacial score (nSPS) is 16.0. The summed E-state index contributed by atoms with van der Waals surface area (Å²) in [4.78, 5) is 18.1. The highest BCUT2D eigenvalue weighted by atomic mass is 35.5. The summed E-state index contributed by atoms with van der Waals surface area (Å²) in [5, 5.41) is 5.36. The number of nitrogens with zero attached hydrogens (tertiary/aromatic N) is 1. The van der Waals surface area contributed by atoms with E-state index in [0.29, 0.717) is 49.2 Å². The number of benzene rings is 3. The molecular weight excluding hydrogens is 550 g/mol. The minimum atomic E-state index is -0.569. The quantitative estimate of drug-likeness (QED) is 0.266. The Balaban J connectivity index is 1.65.